The number of aryl methyl sites for hydroxylation is 1. The predicted molar refractivity (Wildman–Crippen MR) is 91.3 cm³/mol. The van der Waals surface area contributed by atoms with E-state index in [4.69, 9.17) is 9.47 Å². The fourth-order valence-corrected chi connectivity index (χ4v) is 3.93. The molecule has 0 spiro atoms. The van der Waals surface area contributed by atoms with E-state index < -0.39 is 6.10 Å². The van der Waals surface area contributed by atoms with Gasteiger partial charge in [0.2, 0.25) is 0 Å². The van der Waals surface area contributed by atoms with E-state index in [1.807, 2.05) is 6.92 Å². The summed E-state index contributed by atoms with van der Waals surface area (Å²) in [4.78, 5) is 9.17. The number of rotatable bonds is 7. The van der Waals surface area contributed by atoms with Crippen LogP contribution in [0.2, 0.25) is 0 Å². The van der Waals surface area contributed by atoms with Crippen LogP contribution in [-0.2, 0) is 9.47 Å². The number of aliphatic hydroxyl groups excluding tert-OH is 1. The van der Waals surface area contributed by atoms with Gasteiger partial charge in [-0.25, -0.2) is 4.98 Å². The highest BCUT2D eigenvalue weighted by Gasteiger charge is 2.21. The van der Waals surface area contributed by atoms with Crippen LogP contribution in [0.3, 0.4) is 0 Å². The van der Waals surface area contributed by atoms with Crippen LogP contribution in [0, 0.1) is 6.92 Å². The molecule has 3 rings (SSSR count). The molecule has 2 saturated heterocycles. The molecule has 3 heterocycles. The van der Waals surface area contributed by atoms with Gasteiger partial charge in [0.15, 0.2) is 5.13 Å². The van der Waals surface area contributed by atoms with Crippen LogP contribution < -0.4 is 4.90 Å². The summed E-state index contributed by atoms with van der Waals surface area (Å²) in [5.41, 5.74) is 1.09. The van der Waals surface area contributed by atoms with E-state index in [9.17, 15) is 5.11 Å². The number of hydrogen-bond acceptors (Lipinski definition) is 7. The quantitative estimate of drug-likeness (QED) is 0.802. The molecule has 2 fully saturated rings. The normalized spacial score (nSPS) is 24.3. The molecule has 0 saturated carbocycles. The average molecular weight is 341 g/mol. The molecule has 2 aliphatic heterocycles. The molecular formula is C16H27N3O3S. The van der Waals surface area contributed by atoms with Gasteiger partial charge in [-0.3, -0.25) is 4.90 Å². The molecule has 1 aromatic heterocycles. The van der Waals surface area contributed by atoms with Gasteiger partial charge < -0.3 is 19.5 Å². The van der Waals surface area contributed by atoms with Crippen molar-refractivity contribution in [1.29, 1.82) is 0 Å². The fourth-order valence-electron chi connectivity index (χ4n) is 3.07. The summed E-state index contributed by atoms with van der Waals surface area (Å²) < 4.78 is 11.1. The maximum Gasteiger partial charge on any atom is 0.185 e. The summed E-state index contributed by atoms with van der Waals surface area (Å²) in [6.45, 7) is 8.41. The van der Waals surface area contributed by atoms with E-state index in [1.54, 1.807) is 11.3 Å². The fraction of sp³-hybridized carbons (Fsp3) is 0.812. The molecule has 2 atom stereocenters. The van der Waals surface area contributed by atoms with E-state index in [-0.39, 0.29) is 6.10 Å². The Hall–Kier alpha value is -0.730. The highest BCUT2D eigenvalue weighted by atomic mass is 32.1. The second-order valence-corrected chi connectivity index (χ2v) is 7.22. The van der Waals surface area contributed by atoms with Gasteiger partial charge in [-0.2, -0.15) is 0 Å². The van der Waals surface area contributed by atoms with E-state index in [0.717, 1.165) is 56.5 Å². The molecule has 0 bridgehead atoms. The van der Waals surface area contributed by atoms with Crippen molar-refractivity contribution in [1.82, 2.24) is 9.88 Å². The lowest BCUT2D eigenvalue weighted by Crippen LogP contribution is -2.49. The van der Waals surface area contributed by atoms with Crippen molar-refractivity contribution < 1.29 is 14.6 Å². The van der Waals surface area contributed by atoms with Crippen LogP contribution in [0.1, 0.15) is 18.5 Å². The van der Waals surface area contributed by atoms with Crippen molar-refractivity contribution in [3.8, 4) is 0 Å². The van der Waals surface area contributed by atoms with Gasteiger partial charge in [0.25, 0.3) is 0 Å². The van der Waals surface area contributed by atoms with Crippen molar-refractivity contribution in [3.63, 3.8) is 0 Å². The topological polar surface area (TPSA) is 58.1 Å². The van der Waals surface area contributed by atoms with Gasteiger partial charge in [0.1, 0.15) is 0 Å². The molecule has 7 heteroatoms. The summed E-state index contributed by atoms with van der Waals surface area (Å²) in [5, 5.41) is 13.3. The Labute approximate surface area is 142 Å². The third-order valence-electron chi connectivity index (χ3n) is 4.36. The third-order valence-corrected chi connectivity index (χ3v) is 5.38. The Morgan fingerprint density at radius 3 is 2.91 bits per heavy atom. The number of thiazole rings is 1. The van der Waals surface area contributed by atoms with E-state index in [2.05, 4.69) is 20.2 Å². The molecule has 0 amide bonds. The summed E-state index contributed by atoms with van der Waals surface area (Å²) in [6.07, 6.45) is 2.01. The molecule has 6 nitrogen and oxygen atoms in total. The third kappa shape index (κ3) is 5.12. The Bertz CT molecular complexity index is 471. The zero-order valence-electron chi connectivity index (χ0n) is 13.8. The van der Waals surface area contributed by atoms with Crippen LogP contribution in [0.15, 0.2) is 5.38 Å². The van der Waals surface area contributed by atoms with Gasteiger partial charge in [-0.05, 0) is 19.8 Å². The predicted octanol–water partition coefficient (Wildman–Crippen LogP) is 1.13. The molecule has 0 radical (unpaired) electrons. The molecule has 130 valence electrons. The van der Waals surface area contributed by atoms with Gasteiger partial charge in [0, 0.05) is 44.7 Å². The Kier molecular flexibility index (Phi) is 6.24. The number of anilines is 1. The Morgan fingerprint density at radius 1 is 1.43 bits per heavy atom. The molecule has 1 aromatic rings. The summed E-state index contributed by atoms with van der Waals surface area (Å²) >= 11 is 1.71. The van der Waals surface area contributed by atoms with E-state index in [1.165, 1.54) is 0 Å². The maximum absolute atomic E-state index is 10.1. The van der Waals surface area contributed by atoms with Crippen molar-refractivity contribution in [2.75, 3.05) is 57.4 Å². The Balaban J connectivity index is 1.31. The second-order valence-electron chi connectivity index (χ2n) is 6.39. The average Bonchev–Trinajstić information content (AvgIpc) is 3.20. The van der Waals surface area contributed by atoms with Crippen LogP contribution >= 0.6 is 11.3 Å². The smallest absolute Gasteiger partial charge is 0.185 e. The second kappa shape index (κ2) is 8.39. The number of nitrogens with zero attached hydrogens (tertiary/aromatic N) is 3. The van der Waals surface area contributed by atoms with E-state index >= 15 is 0 Å². The standard InChI is InChI=1S/C16H27N3O3S/c1-13-12-23-16(17-13)19-6-4-18(5-7-19)9-14(20)10-21-11-15-3-2-8-22-15/h12,14-15,20H,2-11H2,1H3/t14-,15-/m0/s1. The largest absolute Gasteiger partial charge is 0.389 e. The zero-order valence-corrected chi connectivity index (χ0v) is 14.6. The molecule has 0 aliphatic carbocycles. The minimum absolute atomic E-state index is 0.229. The molecule has 23 heavy (non-hydrogen) atoms. The van der Waals surface area contributed by atoms with Gasteiger partial charge in [-0.15, -0.1) is 11.3 Å². The first kappa shape index (κ1) is 17.1. The monoisotopic (exact) mass is 341 g/mol. The first-order valence-corrected chi connectivity index (χ1v) is 9.35. The van der Waals surface area contributed by atoms with Crippen LogP contribution in [-0.4, -0.2) is 79.7 Å². The molecule has 0 unspecified atom stereocenters. The molecule has 0 aromatic carbocycles. The van der Waals surface area contributed by atoms with Gasteiger partial charge in [0.05, 0.1) is 31.1 Å². The van der Waals surface area contributed by atoms with E-state index in [0.29, 0.717) is 19.8 Å². The minimum atomic E-state index is -0.426. The summed E-state index contributed by atoms with van der Waals surface area (Å²) in [7, 11) is 0. The van der Waals surface area contributed by atoms with Gasteiger partial charge >= 0.3 is 0 Å². The lowest BCUT2D eigenvalue weighted by molar-refractivity contribution is -0.0254. The van der Waals surface area contributed by atoms with Crippen molar-refractivity contribution >= 4 is 16.5 Å². The summed E-state index contributed by atoms with van der Waals surface area (Å²) in [5.74, 6) is 0. The zero-order chi connectivity index (χ0) is 16.1. The highest BCUT2D eigenvalue weighted by molar-refractivity contribution is 7.13. The van der Waals surface area contributed by atoms with Gasteiger partial charge in [-0.1, -0.05) is 0 Å². The highest BCUT2D eigenvalue weighted by Crippen LogP contribution is 2.21. The number of ether oxygens (including phenoxy) is 2. The minimum Gasteiger partial charge on any atom is -0.389 e. The lowest BCUT2D eigenvalue weighted by Gasteiger charge is -2.35. The number of piperazine rings is 1. The summed E-state index contributed by atoms with van der Waals surface area (Å²) in [6, 6.07) is 0. The maximum atomic E-state index is 10.1. The number of aliphatic hydroxyl groups is 1. The van der Waals surface area contributed by atoms with Crippen LogP contribution in [0.25, 0.3) is 0 Å². The SMILES string of the molecule is Cc1csc(N2CCN(C[C@H](O)COC[C@@H]3CCCO3)CC2)n1. The van der Waals surface area contributed by atoms with Crippen molar-refractivity contribution in [3.05, 3.63) is 11.1 Å². The van der Waals surface area contributed by atoms with Crippen LogP contribution in [0.5, 0.6) is 0 Å². The first-order valence-electron chi connectivity index (χ1n) is 8.47. The number of β-amino-alcohol motifs (C(OH)–C–C–N with tert-alkyl or cyclic N) is 1. The van der Waals surface area contributed by atoms with Crippen molar-refractivity contribution in [2.45, 2.75) is 32.0 Å². The molecule has 1 N–H and O–H groups in total. The Morgan fingerprint density at radius 2 is 2.26 bits per heavy atom. The molecule has 2 aliphatic rings. The number of hydrogen-bond donors (Lipinski definition) is 1. The van der Waals surface area contributed by atoms with Crippen molar-refractivity contribution in [2.24, 2.45) is 0 Å². The first-order chi connectivity index (χ1) is 11.2. The number of aromatic nitrogens is 1. The lowest BCUT2D eigenvalue weighted by atomic mass is 10.2. The molecular weight excluding hydrogens is 314 g/mol. The van der Waals surface area contributed by atoms with Crippen LogP contribution in [0.4, 0.5) is 5.13 Å².